The van der Waals surface area contributed by atoms with E-state index in [-0.39, 0.29) is 11.9 Å². The standard InChI is InChI=1S/C18H18N4O/c1-14(16-6-5-9-19-12-16)21-18(23)10-15-11-20-22(13-15)17-7-3-2-4-8-17/h2-9,11-14H,10H2,1H3,(H,21,23). The molecular formula is C18H18N4O. The van der Waals surface area contributed by atoms with Gasteiger partial charge in [-0.15, -0.1) is 0 Å². The maximum atomic E-state index is 12.2. The van der Waals surface area contributed by atoms with E-state index >= 15 is 0 Å². The third-order valence-corrected chi connectivity index (χ3v) is 3.58. The molecule has 2 heterocycles. The molecule has 3 rings (SSSR count). The van der Waals surface area contributed by atoms with Crippen LogP contribution in [-0.4, -0.2) is 20.7 Å². The van der Waals surface area contributed by atoms with Crippen molar-refractivity contribution in [3.8, 4) is 5.69 Å². The second-order valence-electron chi connectivity index (χ2n) is 5.38. The first kappa shape index (κ1) is 15.0. The van der Waals surface area contributed by atoms with Crippen molar-refractivity contribution in [3.05, 3.63) is 78.4 Å². The fourth-order valence-electron chi connectivity index (χ4n) is 2.37. The van der Waals surface area contributed by atoms with Gasteiger partial charge in [-0.3, -0.25) is 9.78 Å². The van der Waals surface area contributed by atoms with Crippen LogP contribution in [0.5, 0.6) is 0 Å². The number of para-hydroxylation sites is 1. The first-order valence-electron chi connectivity index (χ1n) is 7.50. The van der Waals surface area contributed by atoms with Crippen LogP contribution in [0.2, 0.25) is 0 Å². The quantitative estimate of drug-likeness (QED) is 0.788. The highest BCUT2D eigenvalue weighted by atomic mass is 16.1. The number of pyridine rings is 1. The molecule has 1 unspecified atom stereocenters. The maximum absolute atomic E-state index is 12.2. The smallest absolute Gasteiger partial charge is 0.225 e. The Morgan fingerprint density at radius 2 is 2.00 bits per heavy atom. The lowest BCUT2D eigenvalue weighted by Crippen LogP contribution is -2.28. The lowest BCUT2D eigenvalue weighted by molar-refractivity contribution is -0.121. The number of hydrogen-bond donors (Lipinski definition) is 1. The summed E-state index contributed by atoms with van der Waals surface area (Å²) in [4.78, 5) is 16.2. The summed E-state index contributed by atoms with van der Waals surface area (Å²) in [6, 6.07) is 13.6. The molecule has 5 heteroatoms. The lowest BCUT2D eigenvalue weighted by atomic mass is 10.1. The fraction of sp³-hybridized carbons (Fsp3) is 0.167. The Kier molecular flexibility index (Phi) is 4.47. The third kappa shape index (κ3) is 3.83. The average molecular weight is 306 g/mol. The second-order valence-corrected chi connectivity index (χ2v) is 5.38. The molecule has 0 radical (unpaired) electrons. The van der Waals surface area contributed by atoms with Gasteiger partial charge in [-0.2, -0.15) is 5.10 Å². The number of carbonyl (C=O) groups excluding carboxylic acids is 1. The zero-order valence-electron chi connectivity index (χ0n) is 12.9. The number of nitrogens with zero attached hydrogens (tertiary/aromatic N) is 3. The van der Waals surface area contributed by atoms with Crippen LogP contribution in [0.15, 0.2) is 67.3 Å². The van der Waals surface area contributed by atoms with Crippen LogP contribution in [0.25, 0.3) is 5.69 Å². The molecule has 1 N–H and O–H groups in total. The first-order valence-corrected chi connectivity index (χ1v) is 7.50. The molecule has 3 aromatic rings. The molecule has 0 saturated heterocycles. The van der Waals surface area contributed by atoms with Crippen LogP contribution in [0.1, 0.15) is 24.1 Å². The Balaban J connectivity index is 1.61. The molecule has 23 heavy (non-hydrogen) atoms. The topological polar surface area (TPSA) is 59.8 Å². The second kappa shape index (κ2) is 6.87. The minimum absolute atomic E-state index is 0.0334. The third-order valence-electron chi connectivity index (χ3n) is 3.58. The van der Waals surface area contributed by atoms with Gasteiger partial charge in [0.25, 0.3) is 0 Å². The van der Waals surface area contributed by atoms with E-state index in [1.165, 1.54) is 0 Å². The first-order chi connectivity index (χ1) is 11.2. The highest BCUT2D eigenvalue weighted by molar-refractivity contribution is 5.78. The van der Waals surface area contributed by atoms with Gasteiger partial charge in [0.1, 0.15) is 0 Å². The van der Waals surface area contributed by atoms with Crippen LogP contribution >= 0.6 is 0 Å². The van der Waals surface area contributed by atoms with E-state index in [1.807, 2.05) is 55.6 Å². The van der Waals surface area contributed by atoms with Gasteiger partial charge in [0.15, 0.2) is 0 Å². The summed E-state index contributed by atoms with van der Waals surface area (Å²) in [5.74, 6) is -0.0334. The van der Waals surface area contributed by atoms with Crippen molar-refractivity contribution in [2.45, 2.75) is 19.4 Å². The van der Waals surface area contributed by atoms with Crippen LogP contribution in [0.3, 0.4) is 0 Å². The molecule has 5 nitrogen and oxygen atoms in total. The Labute approximate surface area is 135 Å². The molecule has 116 valence electrons. The number of amides is 1. The van der Waals surface area contributed by atoms with Gasteiger partial charge in [-0.25, -0.2) is 4.68 Å². The van der Waals surface area contributed by atoms with Crippen molar-refractivity contribution >= 4 is 5.91 Å². The van der Waals surface area contributed by atoms with Crippen molar-refractivity contribution in [1.29, 1.82) is 0 Å². The Hall–Kier alpha value is -2.95. The monoisotopic (exact) mass is 306 g/mol. The zero-order chi connectivity index (χ0) is 16.1. The number of nitrogens with one attached hydrogen (secondary N) is 1. The average Bonchev–Trinajstić information content (AvgIpc) is 3.04. The SMILES string of the molecule is CC(NC(=O)Cc1cnn(-c2ccccc2)c1)c1cccnc1. The van der Waals surface area contributed by atoms with Gasteiger partial charge < -0.3 is 5.32 Å². The van der Waals surface area contributed by atoms with Crippen LogP contribution in [0, 0.1) is 0 Å². The van der Waals surface area contributed by atoms with E-state index in [0.717, 1.165) is 16.8 Å². The van der Waals surface area contributed by atoms with Gasteiger partial charge in [-0.05, 0) is 36.2 Å². The summed E-state index contributed by atoms with van der Waals surface area (Å²) < 4.78 is 1.77. The summed E-state index contributed by atoms with van der Waals surface area (Å²) in [5, 5.41) is 7.28. The van der Waals surface area contributed by atoms with Gasteiger partial charge >= 0.3 is 0 Å². The molecule has 0 fully saturated rings. The van der Waals surface area contributed by atoms with Gasteiger partial charge in [0.2, 0.25) is 5.91 Å². The van der Waals surface area contributed by atoms with Gasteiger partial charge in [0, 0.05) is 18.6 Å². The highest BCUT2D eigenvalue weighted by Gasteiger charge is 2.11. The number of carbonyl (C=O) groups is 1. The van der Waals surface area contributed by atoms with E-state index in [2.05, 4.69) is 15.4 Å². The lowest BCUT2D eigenvalue weighted by Gasteiger charge is -2.13. The summed E-state index contributed by atoms with van der Waals surface area (Å²) in [5.41, 5.74) is 2.84. The number of rotatable bonds is 5. The Morgan fingerprint density at radius 1 is 1.17 bits per heavy atom. The van der Waals surface area contributed by atoms with Crippen molar-refractivity contribution in [3.63, 3.8) is 0 Å². The van der Waals surface area contributed by atoms with Crippen LogP contribution < -0.4 is 5.32 Å². The van der Waals surface area contributed by atoms with E-state index in [1.54, 1.807) is 23.3 Å². The molecule has 0 aliphatic rings. The largest absolute Gasteiger partial charge is 0.349 e. The summed E-state index contributed by atoms with van der Waals surface area (Å²) >= 11 is 0. The van der Waals surface area contributed by atoms with Gasteiger partial charge in [0.05, 0.1) is 24.3 Å². The predicted octanol–water partition coefficient (Wildman–Crippen LogP) is 2.69. The molecule has 0 bridgehead atoms. The molecule has 2 aromatic heterocycles. The molecular weight excluding hydrogens is 288 g/mol. The van der Waals surface area contributed by atoms with E-state index in [0.29, 0.717) is 6.42 Å². The highest BCUT2D eigenvalue weighted by Crippen LogP contribution is 2.11. The number of aromatic nitrogens is 3. The van der Waals surface area contributed by atoms with Crippen LogP contribution in [0.4, 0.5) is 0 Å². The summed E-state index contributed by atoms with van der Waals surface area (Å²) in [7, 11) is 0. The molecule has 0 aliphatic heterocycles. The van der Waals surface area contributed by atoms with E-state index in [4.69, 9.17) is 0 Å². The Morgan fingerprint density at radius 3 is 2.74 bits per heavy atom. The Bertz CT molecular complexity index is 768. The number of hydrogen-bond acceptors (Lipinski definition) is 3. The molecule has 1 aromatic carbocycles. The molecule has 1 amide bonds. The minimum atomic E-state index is -0.0691. The molecule has 1 atom stereocenters. The predicted molar refractivity (Wildman–Crippen MR) is 88.1 cm³/mol. The summed E-state index contributed by atoms with van der Waals surface area (Å²) in [6.07, 6.45) is 7.39. The van der Waals surface area contributed by atoms with Crippen molar-refractivity contribution < 1.29 is 4.79 Å². The molecule has 0 aliphatic carbocycles. The van der Waals surface area contributed by atoms with E-state index < -0.39 is 0 Å². The normalized spacial score (nSPS) is 11.9. The number of benzene rings is 1. The zero-order valence-corrected chi connectivity index (χ0v) is 12.9. The fourth-order valence-corrected chi connectivity index (χ4v) is 2.37. The van der Waals surface area contributed by atoms with Crippen LogP contribution in [-0.2, 0) is 11.2 Å². The van der Waals surface area contributed by atoms with Crippen molar-refractivity contribution in [2.75, 3.05) is 0 Å². The summed E-state index contributed by atoms with van der Waals surface area (Å²) in [6.45, 7) is 1.95. The maximum Gasteiger partial charge on any atom is 0.225 e. The van der Waals surface area contributed by atoms with Crippen molar-refractivity contribution in [2.24, 2.45) is 0 Å². The van der Waals surface area contributed by atoms with Crippen molar-refractivity contribution in [1.82, 2.24) is 20.1 Å². The minimum Gasteiger partial charge on any atom is -0.349 e. The van der Waals surface area contributed by atoms with Gasteiger partial charge in [-0.1, -0.05) is 24.3 Å². The molecule has 0 spiro atoms. The molecule has 0 saturated carbocycles. The van der Waals surface area contributed by atoms with E-state index in [9.17, 15) is 4.79 Å².